The molecule has 0 aliphatic heterocycles. The Kier molecular flexibility index (Phi) is 4.18. The maximum atomic E-state index is 14.3. The predicted octanol–water partition coefficient (Wildman–Crippen LogP) is 6.02. The third-order valence-electron chi connectivity index (χ3n) is 4.81. The Labute approximate surface area is 125 Å². The summed E-state index contributed by atoms with van der Waals surface area (Å²) in [7, 11) is 0. The van der Waals surface area contributed by atoms with Crippen molar-refractivity contribution in [1.82, 2.24) is 0 Å². The number of benzene rings is 1. The van der Waals surface area contributed by atoms with Crippen molar-refractivity contribution in [3.05, 3.63) is 65.8 Å². The van der Waals surface area contributed by atoms with Crippen molar-refractivity contribution in [2.45, 2.75) is 44.9 Å². The molecular weight excluding hydrogens is 266 g/mol. The predicted molar refractivity (Wildman–Crippen MR) is 85.4 cm³/mol. The molecule has 0 saturated heterocycles. The van der Waals surface area contributed by atoms with Crippen molar-refractivity contribution in [3.63, 3.8) is 0 Å². The van der Waals surface area contributed by atoms with Crippen molar-refractivity contribution in [3.8, 4) is 0 Å². The van der Waals surface area contributed by atoms with Crippen LogP contribution >= 0.6 is 0 Å². The summed E-state index contributed by atoms with van der Waals surface area (Å²) in [5, 5.41) is 0. The molecule has 0 amide bonds. The van der Waals surface area contributed by atoms with E-state index < -0.39 is 5.83 Å². The van der Waals surface area contributed by atoms with Gasteiger partial charge < -0.3 is 0 Å². The minimum absolute atomic E-state index is 0.144. The van der Waals surface area contributed by atoms with E-state index in [2.05, 4.69) is 19.7 Å². The average Bonchev–Trinajstić information content (AvgIpc) is 2.91. The van der Waals surface area contributed by atoms with Crippen LogP contribution in [0.2, 0.25) is 0 Å². The van der Waals surface area contributed by atoms with Crippen LogP contribution in [0, 0.1) is 12.7 Å². The Morgan fingerprint density at radius 3 is 2.19 bits per heavy atom. The number of hydrogen-bond acceptors (Lipinski definition) is 0. The molecule has 1 aromatic rings. The highest BCUT2D eigenvalue weighted by Gasteiger charge is 2.38. The van der Waals surface area contributed by atoms with Crippen molar-refractivity contribution in [2.75, 3.05) is 0 Å². The fourth-order valence-corrected chi connectivity index (χ4v) is 3.41. The average molecular weight is 288 g/mol. The van der Waals surface area contributed by atoms with Gasteiger partial charge in [0.1, 0.15) is 11.6 Å². The lowest BCUT2D eigenvalue weighted by Gasteiger charge is -2.32. The van der Waals surface area contributed by atoms with Crippen LogP contribution < -0.4 is 0 Å². The number of hydrogen-bond donors (Lipinski definition) is 0. The second-order valence-electron chi connectivity index (χ2n) is 6.08. The summed E-state index contributed by atoms with van der Waals surface area (Å²) in [6.07, 6.45) is 4.15. The molecule has 0 heterocycles. The van der Waals surface area contributed by atoms with Gasteiger partial charge in [-0.25, -0.2) is 8.78 Å². The molecule has 0 unspecified atom stereocenters. The smallest absolute Gasteiger partial charge is 0.127 e. The number of halogens is 2. The molecule has 0 radical (unpaired) electrons. The lowest BCUT2D eigenvalue weighted by Crippen LogP contribution is -2.25. The Morgan fingerprint density at radius 1 is 1.14 bits per heavy atom. The van der Waals surface area contributed by atoms with Gasteiger partial charge in [0.15, 0.2) is 0 Å². The van der Waals surface area contributed by atoms with Gasteiger partial charge in [-0.2, -0.15) is 0 Å². The molecule has 0 N–H and O–H groups in total. The summed E-state index contributed by atoms with van der Waals surface area (Å²) in [6.45, 7) is 14.8. The van der Waals surface area contributed by atoms with Crippen LogP contribution in [0.1, 0.15) is 49.3 Å². The largest absolute Gasteiger partial charge is 0.207 e. The van der Waals surface area contributed by atoms with E-state index >= 15 is 0 Å². The molecule has 1 aromatic carbocycles. The van der Waals surface area contributed by atoms with Gasteiger partial charge in [-0.3, -0.25) is 0 Å². The molecule has 2 heteroatoms. The SMILES string of the molecule is C=C(F)C(=C)c1cc(F)c(C)c(C2(C(=C)C)CCCC2)c1. The second kappa shape index (κ2) is 5.59. The maximum absolute atomic E-state index is 14.3. The summed E-state index contributed by atoms with van der Waals surface area (Å²) in [6, 6.07) is 3.21. The molecule has 21 heavy (non-hydrogen) atoms. The van der Waals surface area contributed by atoms with Crippen LogP contribution in [-0.4, -0.2) is 0 Å². The first-order valence-electron chi connectivity index (χ1n) is 7.30. The highest BCUT2D eigenvalue weighted by Crippen LogP contribution is 2.48. The summed E-state index contributed by atoms with van der Waals surface area (Å²) < 4.78 is 27.7. The number of rotatable bonds is 4. The summed E-state index contributed by atoms with van der Waals surface area (Å²) >= 11 is 0. The van der Waals surface area contributed by atoms with E-state index in [1.54, 1.807) is 6.92 Å². The van der Waals surface area contributed by atoms with Gasteiger partial charge in [-0.15, -0.1) is 0 Å². The third-order valence-corrected chi connectivity index (χ3v) is 4.81. The molecule has 0 spiro atoms. The van der Waals surface area contributed by atoms with E-state index in [1.807, 2.05) is 13.0 Å². The first kappa shape index (κ1) is 15.7. The van der Waals surface area contributed by atoms with Gasteiger partial charge >= 0.3 is 0 Å². The van der Waals surface area contributed by atoms with E-state index in [4.69, 9.17) is 0 Å². The Morgan fingerprint density at radius 2 is 1.71 bits per heavy atom. The molecule has 1 aliphatic rings. The topological polar surface area (TPSA) is 0 Å². The molecule has 0 aromatic heterocycles. The maximum Gasteiger partial charge on any atom is 0.127 e. The normalized spacial score (nSPS) is 16.8. The summed E-state index contributed by atoms with van der Waals surface area (Å²) in [4.78, 5) is 0. The fourth-order valence-electron chi connectivity index (χ4n) is 3.41. The van der Waals surface area contributed by atoms with Crippen molar-refractivity contribution in [2.24, 2.45) is 0 Å². The first-order chi connectivity index (χ1) is 9.79. The minimum Gasteiger partial charge on any atom is -0.207 e. The van der Waals surface area contributed by atoms with Crippen LogP contribution in [0.25, 0.3) is 5.57 Å². The highest BCUT2D eigenvalue weighted by atomic mass is 19.1. The quantitative estimate of drug-likeness (QED) is 0.469. The zero-order valence-corrected chi connectivity index (χ0v) is 12.9. The van der Waals surface area contributed by atoms with Crippen molar-refractivity contribution < 1.29 is 8.78 Å². The molecule has 0 atom stereocenters. The summed E-state index contributed by atoms with van der Waals surface area (Å²) in [5.74, 6) is -0.947. The molecular formula is C19H22F2. The Bertz CT molecular complexity index is 617. The van der Waals surface area contributed by atoms with Crippen molar-refractivity contribution in [1.29, 1.82) is 0 Å². The van der Waals surface area contributed by atoms with Crippen LogP contribution in [0.4, 0.5) is 8.78 Å². The standard InChI is InChI=1S/C19H22F2/c1-12(2)19(8-6-7-9-19)17-10-16(13(3)15(5)20)11-18(21)14(17)4/h10-11H,1,3,5-9H2,2,4H3. The van der Waals surface area contributed by atoms with Crippen LogP contribution in [0.5, 0.6) is 0 Å². The second-order valence-corrected chi connectivity index (χ2v) is 6.08. The van der Waals surface area contributed by atoms with E-state index in [0.717, 1.165) is 36.8 Å². The van der Waals surface area contributed by atoms with Gasteiger partial charge in [-0.1, -0.05) is 38.2 Å². The van der Waals surface area contributed by atoms with Gasteiger partial charge in [0.25, 0.3) is 0 Å². The zero-order chi connectivity index (χ0) is 15.8. The molecule has 2 rings (SSSR count). The van der Waals surface area contributed by atoms with Crippen molar-refractivity contribution >= 4 is 5.57 Å². The molecule has 1 saturated carbocycles. The van der Waals surface area contributed by atoms with Gasteiger partial charge in [0.2, 0.25) is 0 Å². The molecule has 0 bridgehead atoms. The van der Waals surface area contributed by atoms with Gasteiger partial charge in [0, 0.05) is 11.0 Å². The van der Waals surface area contributed by atoms with E-state index in [0.29, 0.717) is 11.1 Å². The molecule has 0 nitrogen and oxygen atoms in total. The van der Waals surface area contributed by atoms with Crippen LogP contribution in [-0.2, 0) is 5.41 Å². The molecule has 1 aliphatic carbocycles. The monoisotopic (exact) mass is 288 g/mol. The lowest BCUT2D eigenvalue weighted by molar-refractivity contribution is 0.511. The zero-order valence-electron chi connectivity index (χ0n) is 12.9. The Hall–Kier alpha value is -1.70. The Balaban J connectivity index is 2.65. The van der Waals surface area contributed by atoms with Crippen LogP contribution in [0.3, 0.4) is 0 Å². The van der Waals surface area contributed by atoms with E-state index in [9.17, 15) is 8.78 Å². The molecule has 1 fully saturated rings. The van der Waals surface area contributed by atoms with Gasteiger partial charge in [-0.05, 0) is 55.5 Å². The summed E-state index contributed by atoms with van der Waals surface area (Å²) in [5.41, 5.74) is 3.01. The first-order valence-corrected chi connectivity index (χ1v) is 7.30. The fraction of sp³-hybridized carbons (Fsp3) is 0.368. The van der Waals surface area contributed by atoms with E-state index in [1.165, 1.54) is 6.07 Å². The number of allylic oxidation sites excluding steroid dienone is 3. The minimum atomic E-state index is -0.625. The lowest BCUT2D eigenvalue weighted by atomic mass is 9.71. The van der Waals surface area contributed by atoms with Crippen LogP contribution in [0.15, 0.2) is 43.3 Å². The molecule has 112 valence electrons. The third kappa shape index (κ3) is 2.59. The van der Waals surface area contributed by atoms with E-state index in [-0.39, 0.29) is 16.8 Å². The van der Waals surface area contributed by atoms with Gasteiger partial charge in [0.05, 0.1) is 0 Å². The highest BCUT2D eigenvalue weighted by molar-refractivity contribution is 5.75.